The fourth-order valence-electron chi connectivity index (χ4n) is 1.83. The summed E-state index contributed by atoms with van der Waals surface area (Å²) in [5, 5.41) is 6.38. The van der Waals surface area contributed by atoms with Gasteiger partial charge in [0.1, 0.15) is 0 Å². The van der Waals surface area contributed by atoms with Crippen LogP contribution in [0.4, 0.5) is 0 Å². The second-order valence-corrected chi connectivity index (χ2v) is 4.88. The van der Waals surface area contributed by atoms with Crippen LogP contribution in [0, 0.1) is 0 Å². The monoisotopic (exact) mass is 247 g/mol. The van der Waals surface area contributed by atoms with Gasteiger partial charge in [-0.25, -0.2) is 0 Å². The second kappa shape index (κ2) is 6.50. The molecule has 1 aromatic rings. The van der Waals surface area contributed by atoms with Gasteiger partial charge in [-0.3, -0.25) is 9.78 Å². The number of carbonyl (C=O) groups is 1. The zero-order valence-corrected chi connectivity index (χ0v) is 10.9. The summed E-state index contributed by atoms with van der Waals surface area (Å²) in [6.45, 7) is 2.93. The number of nitrogens with one attached hydrogen (secondary N) is 2. The summed E-state index contributed by atoms with van der Waals surface area (Å²) in [5.41, 5.74) is 1.04. The lowest BCUT2D eigenvalue weighted by Crippen LogP contribution is -2.27. The zero-order valence-electron chi connectivity index (χ0n) is 10.9. The van der Waals surface area contributed by atoms with Crippen LogP contribution in [0.3, 0.4) is 0 Å². The molecule has 1 aromatic heterocycles. The first kappa shape index (κ1) is 13.0. The van der Waals surface area contributed by atoms with Crippen LogP contribution in [-0.2, 0) is 4.79 Å². The van der Waals surface area contributed by atoms with Crippen LogP contribution >= 0.6 is 0 Å². The first-order chi connectivity index (χ1) is 8.75. The van der Waals surface area contributed by atoms with Crippen molar-refractivity contribution in [2.45, 2.75) is 44.7 Å². The molecule has 0 bridgehead atoms. The molecule has 18 heavy (non-hydrogen) atoms. The SMILES string of the molecule is CC(NCCCC(=O)NC1CC1)c1ccccn1. The third-order valence-electron chi connectivity index (χ3n) is 3.11. The van der Waals surface area contributed by atoms with Crippen LogP contribution in [0.25, 0.3) is 0 Å². The van der Waals surface area contributed by atoms with Gasteiger partial charge in [0.05, 0.1) is 5.69 Å². The summed E-state index contributed by atoms with van der Waals surface area (Å²) < 4.78 is 0. The van der Waals surface area contributed by atoms with E-state index in [0.29, 0.717) is 12.5 Å². The van der Waals surface area contributed by atoms with E-state index in [2.05, 4.69) is 22.5 Å². The Balaban J connectivity index is 1.58. The Morgan fingerprint density at radius 3 is 3.00 bits per heavy atom. The molecule has 1 aliphatic carbocycles. The molecule has 1 fully saturated rings. The summed E-state index contributed by atoms with van der Waals surface area (Å²) in [6, 6.07) is 6.62. The molecule has 0 aromatic carbocycles. The Bertz CT molecular complexity index is 376. The summed E-state index contributed by atoms with van der Waals surface area (Å²) in [4.78, 5) is 15.8. The number of aromatic nitrogens is 1. The Labute approximate surface area is 108 Å². The minimum absolute atomic E-state index is 0.185. The van der Waals surface area contributed by atoms with Gasteiger partial charge in [-0.15, -0.1) is 0 Å². The third-order valence-corrected chi connectivity index (χ3v) is 3.11. The Kier molecular flexibility index (Phi) is 4.70. The number of amides is 1. The van der Waals surface area contributed by atoms with Crippen molar-refractivity contribution in [3.05, 3.63) is 30.1 Å². The molecule has 98 valence electrons. The van der Waals surface area contributed by atoms with Crippen LogP contribution in [0.5, 0.6) is 0 Å². The number of nitrogens with zero attached hydrogens (tertiary/aromatic N) is 1. The third kappa shape index (κ3) is 4.45. The van der Waals surface area contributed by atoms with Crippen molar-refractivity contribution >= 4 is 5.91 Å². The standard InChI is InChI=1S/C14H21N3O/c1-11(13-5-2-3-9-16-13)15-10-4-6-14(18)17-12-7-8-12/h2-3,5,9,11-12,15H,4,6-8,10H2,1H3,(H,17,18). The lowest BCUT2D eigenvalue weighted by Gasteiger charge is -2.12. The molecule has 0 aliphatic heterocycles. The van der Waals surface area contributed by atoms with Crippen molar-refractivity contribution < 1.29 is 4.79 Å². The van der Waals surface area contributed by atoms with Crippen molar-refractivity contribution in [1.29, 1.82) is 0 Å². The van der Waals surface area contributed by atoms with Crippen molar-refractivity contribution in [3.8, 4) is 0 Å². The molecular formula is C14H21N3O. The Hall–Kier alpha value is -1.42. The highest BCUT2D eigenvalue weighted by Gasteiger charge is 2.22. The molecule has 1 aliphatic rings. The van der Waals surface area contributed by atoms with Crippen molar-refractivity contribution in [2.24, 2.45) is 0 Å². The topological polar surface area (TPSA) is 54.0 Å². The maximum atomic E-state index is 11.5. The first-order valence-corrected chi connectivity index (χ1v) is 6.69. The molecule has 4 nitrogen and oxygen atoms in total. The maximum Gasteiger partial charge on any atom is 0.220 e. The minimum Gasteiger partial charge on any atom is -0.353 e. The highest BCUT2D eigenvalue weighted by Crippen LogP contribution is 2.18. The molecule has 0 saturated heterocycles. The number of hydrogen-bond acceptors (Lipinski definition) is 3. The minimum atomic E-state index is 0.185. The van der Waals surface area contributed by atoms with Gasteiger partial charge in [0.2, 0.25) is 5.91 Å². The van der Waals surface area contributed by atoms with E-state index in [-0.39, 0.29) is 11.9 Å². The summed E-state index contributed by atoms with van der Waals surface area (Å²) in [7, 11) is 0. The Morgan fingerprint density at radius 1 is 1.50 bits per heavy atom. The zero-order chi connectivity index (χ0) is 12.8. The predicted octanol–water partition coefficient (Wildman–Crippen LogP) is 1.79. The van der Waals surface area contributed by atoms with E-state index in [1.165, 1.54) is 0 Å². The first-order valence-electron chi connectivity index (χ1n) is 6.69. The molecule has 2 rings (SSSR count). The van der Waals surface area contributed by atoms with Crippen molar-refractivity contribution in [3.63, 3.8) is 0 Å². The van der Waals surface area contributed by atoms with Gasteiger partial charge in [0.15, 0.2) is 0 Å². The van der Waals surface area contributed by atoms with Crippen molar-refractivity contribution in [1.82, 2.24) is 15.6 Å². The molecule has 0 radical (unpaired) electrons. The average molecular weight is 247 g/mol. The number of hydrogen-bond donors (Lipinski definition) is 2. The average Bonchev–Trinajstić information content (AvgIpc) is 3.19. The van der Waals surface area contributed by atoms with Gasteiger partial charge < -0.3 is 10.6 Å². The molecule has 0 spiro atoms. The molecule has 1 heterocycles. The number of carbonyl (C=O) groups excluding carboxylic acids is 1. The largest absolute Gasteiger partial charge is 0.353 e. The van der Waals surface area contributed by atoms with Crippen LogP contribution in [-0.4, -0.2) is 23.5 Å². The number of rotatable bonds is 7. The van der Waals surface area contributed by atoms with E-state index in [1.54, 1.807) is 6.20 Å². The van der Waals surface area contributed by atoms with E-state index in [1.807, 2.05) is 18.2 Å². The van der Waals surface area contributed by atoms with Gasteiger partial charge in [0.25, 0.3) is 0 Å². The van der Waals surface area contributed by atoms with E-state index < -0.39 is 0 Å². The maximum absolute atomic E-state index is 11.5. The molecule has 1 saturated carbocycles. The van der Waals surface area contributed by atoms with Gasteiger partial charge in [0, 0.05) is 24.7 Å². The van der Waals surface area contributed by atoms with Crippen LogP contribution in [0.1, 0.15) is 44.3 Å². The molecule has 1 atom stereocenters. The van der Waals surface area contributed by atoms with E-state index in [4.69, 9.17) is 0 Å². The van der Waals surface area contributed by atoms with Crippen LogP contribution in [0.15, 0.2) is 24.4 Å². The normalized spacial score (nSPS) is 16.3. The fourth-order valence-corrected chi connectivity index (χ4v) is 1.83. The summed E-state index contributed by atoms with van der Waals surface area (Å²) >= 11 is 0. The number of pyridine rings is 1. The second-order valence-electron chi connectivity index (χ2n) is 4.88. The summed E-state index contributed by atoms with van der Waals surface area (Å²) in [6.07, 6.45) is 5.59. The van der Waals surface area contributed by atoms with Gasteiger partial charge in [-0.2, -0.15) is 0 Å². The lowest BCUT2D eigenvalue weighted by molar-refractivity contribution is -0.121. The Morgan fingerprint density at radius 2 is 2.33 bits per heavy atom. The molecule has 1 amide bonds. The predicted molar refractivity (Wildman–Crippen MR) is 71.1 cm³/mol. The van der Waals surface area contributed by atoms with Gasteiger partial charge >= 0.3 is 0 Å². The molecule has 4 heteroatoms. The highest BCUT2D eigenvalue weighted by atomic mass is 16.1. The fraction of sp³-hybridized carbons (Fsp3) is 0.571. The summed E-state index contributed by atoms with van der Waals surface area (Å²) in [5.74, 6) is 0.185. The van der Waals surface area contributed by atoms with E-state index in [9.17, 15) is 4.79 Å². The molecule has 2 N–H and O–H groups in total. The molecule has 1 unspecified atom stereocenters. The van der Waals surface area contributed by atoms with Crippen LogP contribution < -0.4 is 10.6 Å². The smallest absolute Gasteiger partial charge is 0.220 e. The highest BCUT2D eigenvalue weighted by molar-refractivity contribution is 5.76. The van der Waals surface area contributed by atoms with E-state index >= 15 is 0 Å². The lowest BCUT2D eigenvalue weighted by atomic mass is 10.2. The molecular weight excluding hydrogens is 226 g/mol. The van der Waals surface area contributed by atoms with E-state index in [0.717, 1.165) is 31.5 Å². The van der Waals surface area contributed by atoms with Gasteiger partial charge in [-0.1, -0.05) is 6.07 Å². The van der Waals surface area contributed by atoms with Gasteiger partial charge in [-0.05, 0) is 44.9 Å². The van der Waals surface area contributed by atoms with Crippen molar-refractivity contribution in [2.75, 3.05) is 6.54 Å². The van der Waals surface area contributed by atoms with Crippen LogP contribution in [0.2, 0.25) is 0 Å². The quantitative estimate of drug-likeness (QED) is 0.722.